The molecule has 0 aromatic rings. The molecule has 9 heteroatoms. The molecule has 0 aromatic heterocycles. The number of hydrogen-bond acceptors (Lipinski definition) is 5. The molecule has 1 atom stereocenters. The fourth-order valence-corrected chi connectivity index (χ4v) is 3.34. The lowest BCUT2D eigenvalue weighted by Gasteiger charge is -2.48. The van der Waals surface area contributed by atoms with Gasteiger partial charge in [0.1, 0.15) is 11.7 Å². The number of carbonyl (C=O) groups is 2. The van der Waals surface area contributed by atoms with Gasteiger partial charge in [0, 0.05) is 25.0 Å². The topological polar surface area (TPSA) is 67.9 Å². The molecule has 2 heterocycles. The molecule has 0 saturated carbocycles. The highest BCUT2D eigenvalue weighted by molar-refractivity contribution is 5.75. The van der Waals surface area contributed by atoms with Crippen molar-refractivity contribution in [3.8, 4) is 0 Å². The van der Waals surface area contributed by atoms with Crippen molar-refractivity contribution in [2.45, 2.75) is 57.9 Å². The third kappa shape index (κ3) is 4.99. The number of nitrogens with one attached hydrogen (secondary N) is 1. The third-order valence-electron chi connectivity index (χ3n) is 4.70. The van der Waals surface area contributed by atoms with Crippen LogP contribution in [0.4, 0.5) is 18.0 Å². The first-order valence-corrected chi connectivity index (χ1v) is 8.39. The minimum absolute atomic E-state index is 0.189. The van der Waals surface area contributed by atoms with E-state index >= 15 is 0 Å². The Kier molecular flexibility index (Phi) is 5.56. The fraction of sp³-hybridized carbons (Fsp3) is 0.875. The molecular weight excluding hydrogens is 341 g/mol. The molecule has 2 saturated heterocycles. The number of rotatable bonds is 1. The number of likely N-dealkylation sites (tertiary alicyclic amines) is 1. The number of carbonyl (C=O) groups excluding carboxylic acids is 2. The van der Waals surface area contributed by atoms with Crippen LogP contribution >= 0.6 is 0 Å². The number of nitrogens with zero attached hydrogens (tertiary/aromatic N) is 1. The van der Waals surface area contributed by atoms with Crippen LogP contribution in [-0.4, -0.2) is 61.0 Å². The van der Waals surface area contributed by atoms with Crippen molar-refractivity contribution in [1.82, 2.24) is 10.2 Å². The molecule has 2 rings (SSSR count). The summed E-state index contributed by atoms with van der Waals surface area (Å²) in [7, 11) is 0. The minimum Gasteiger partial charge on any atom is -0.454 e. The molecule has 0 bridgehead atoms. The Morgan fingerprint density at radius 1 is 1.12 bits per heavy atom. The zero-order chi connectivity index (χ0) is 18.9. The van der Waals surface area contributed by atoms with Crippen molar-refractivity contribution in [1.29, 1.82) is 0 Å². The number of ether oxygens (including phenoxy) is 2. The van der Waals surface area contributed by atoms with E-state index < -0.39 is 35.4 Å². The van der Waals surface area contributed by atoms with Crippen molar-refractivity contribution in [2.75, 3.05) is 26.2 Å². The van der Waals surface area contributed by atoms with E-state index in [0.29, 0.717) is 38.9 Å². The van der Waals surface area contributed by atoms with E-state index in [1.54, 1.807) is 25.7 Å². The summed E-state index contributed by atoms with van der Waals surface area (Å²) in [5, 5.41) is 2.98. The summed E-state index contributed by atoms with van der Waals surface area (Å²) < 4.78 is 47.7. The van der Waals surface area contributed by atoms with Gasteiger partial charge in [0.25, 0.3) is 0 Å². The molecule has 0 radical (unpaired) electrons. The summed E-state index contributed by atoms with van der Waals surface area (Å²) >= 11 is 0. The van der Waals surface area contributed by atoms with Gasteiger partial charge >= 0.3 is 18.2 Å². The van der Waals surface area contributed by atoms with E-state index in [0.717, 1.165) is 0 Å². The standard InChI is InChI=1S/C16H25F3N2O4/c1-14(2,3)25-13(23)21-8-5-15(6-9-21)4-7-20-10-11(15)24-12(22)16(17,18)19/h11,20H,4-10H2,1-3H3. The zero-order valence-electron chi connectivity index (χ0n) is 14.7. The molecular formula is C16H25F3N2O4. The van der Waals surface area contributed by atoms with Crippen LogP contribution in [0.1, 0.15) is 40.0 Å². The summed E-state index contributed by atoms with van der Waals surface area (Å²) in [6.45, 7) is 6.89. The van der Waals surface area contributed by atoms with Gasteiger partial charge in [-0.25, -0.2) is 9.59 Å². The second kappa shape index (κ2) is 7.01. The fourth-order valence-electron chi connectivity index (χ4n) is 3.34. The van der Waals surface area contributed by atoms with E-state index in [9.17, 15) is 22.8 Å². The van der Waals surface area contributed by atoms with Crippen LogP contribution in [0.15, 0.2) is 0 Å². The zero-order valence-corrected chi connectivity index (χ0v) is 14.7. The van der Waals surface area contributed by atoms with E-state index in [4.69, 9.17) is 9.47 Å². The second-order valence-electron chi connectivity index (χ2n) is 7.68. The first-order valence-electron chi connectivity index (χ1n) is 8.39. The van der Waals surface area contributed by atoms with Crippen molar-refractivity contribution in [3.63, 3.8) is 0 Å². The molecule has 1 amide bonds. The van der Waals surface area contributed by atoms with Gasteiger partial charge in [-0.3, -0.25) is 0 Å². The van der Waals surface area contributed by atoms with Crippen LogP contribution in [0.3, 0.4) is 0 Å². The van der Waals surface area contributed by atoms with Gasteiger partial charge in [0.05, 0.1) is 0 Å². The van der Waals surface area contributed by atoms with Crippen LogP contribution in [0, 0.1) is 5.41 Å². The van der Waals surface area contributed by atoms with Gasteiger partial charge in [-0.2, -0.15) is 13.2 Å². The molecule has 1 spiro atoms. The predicted molar refractivity (Wildman–Crippen MR) is 82.9 cm³/mol. The Bertz CT molecular complexity index is 508. The number of halogens is 3. The lowest BCUT2D eigenvalue weighted by molar-refractivity contribution is -0.213. The number of amides is 1. The number of esters is 1. The van der Waals surface area contributed by atoms with Crippen molar-refractivity contribution < 1.29 is 32.2 Å². The Morgan fingerprint density at radius 3 is 2.24 bits per heavy atom. The first-order chi connectivity index (χ1) is 11.4. The maximum atomic E-state index is 12.5. The lowest BCUT2D eigenvalue weighted by atomic mass is 9.69. The molecule has 1 N–H and O–H groups in total. The molecule has 2 aliphatic rings. The number of hydrogen-bond donors (Lipinski definition) is 1. The molecule has 25 heavy (non-hydrogen) atoms. The van der Waals surface area contributed by atoms with Gasteiger partial charge in [0.2, 0.25) is 0 Å². The van der Waals surface area contributed by atoms with Crippen molar-refractivity contribution >= 4 is 12.1 Å². The first kappa shape index (κ1) is 19.8. The average Bonchev–Trinajstić information content (AvgIpc) is 2.47. The smallest absolute Gasteiger partial charge is 0.454 e. The Morgan fingerprint density at radius 2 is 1.72 bits per heavy atom. The molecule has 0 aromatic carbocycles. The van der Waals surface area contributed by atoms with Crippen molar-refractivity contribution in [2.24, 2.45) is 5.41 Å². The molecule has 1 unspecified atom stereocenters. The maximum Gasteiger partial charge on any atom is 0.490 e. The van der Waals surface area contributed by atoms with Crippen LogP contribution in [-0.2, 0) is 14.3 Å². The Labute approximate surface area is 145 Å². The van der Waals surface area contributed by atoms with E-state index in [-0.39, 0.29) is 6.54 Å². The SMILES string of the molecule is CC(C)(C)OC(=O)N1CCC2(CCNCC2OC(=O)C(F)(F)F)CC1. The van der Waals surface area contributed by atoms with Gasteiger partial charge in [-0.05, 0) is 46.6 Å². The summed E-state index contributed by atoms with van der Waals surface area (Å²) in [4.78, 5) is 24.9. The highest BCUT2D eigenvalue weighted by Gasteiger charge is 2.50. The predicted octanol–water partition coefficient (Wildman–Crippen LogP) is 2.47. The Balaban J connectivity index is 2.00. The monoisotopic (exact) mass is 366 g/mol. The van der Waals surface area contributed by atoms with Gasteiger partial charge in [0.15, 0.2) is 0 Å². The molecule has 2 fully saturated rings. The maximum absolute atomic E-state index is 12.5. The average molecular weight is 366 g/mol. The van der Waals surface area contributed by atoms with Gasteiger partial charge in [-0.15, -0.1) is 0 Å². The summed E-state index contributed by atoms with van der Waals surface area (Å²) in [5.74, 6) is -2.16. The molecule has 0 aliphatic carbocycles. The molecule has 6 nitrogen and oxygen atoms in total. The third-order valence-corrected chi connectivity index (χ3v) is 4.70. The summed E-state index contributed by atoms with van der Waals surface area (Å²) in [5.41, 5.74) is -1.14. The minimum atomic E-state index is -5.00. The molecule has 2 aliphatic heterocycles. The van der Waals surface area contributed by atoms with Crippen LogP contribution in [0.2, 0.25) is 0 Å². The highest BCUT2D eigenvalue weighted by Crippen LogP contribution is 2.42. The lowest BCUT2D eigenvalue weighted by Crippen LogP contribution is -2.57. The quantitative estimate of drug-likeness (QED) is 0.722. The van der Waals surface area contributed by atoms with Crippen LogP contribution < -0.4 is 5.32 Å². The Hall–Kier alpha value is -1.51. The van der Waals surface area contributed by atoms with E-state index in [1.807, 2.05) is 0 Å². The number of piperidine rings is 2. The van der Waals surface area contributed by atoms with E-state index in [1.165, 1.54) is 0 Å². The highest BCUT2D eigenvalue weighted by atomic mass is 19.4. The summed E-state index contributed by atoms with van der Waals surface area (Å²) in [6, 6.07) is 0. The van der Waals surface area contributed by atoms with Crippen LogP contribution in [0.25, 0.3) is 0 Å². The van der Waals surface area contributed by atoms with Gasteiger partial charge < -0.3 is 19.7 Å². The summed E-state index contributed by atoms with van der Waals surface area (Å²) in [6.07, 6.45) is -4.73. The van der Waals surface area contributed by atoms with Gasteiger partial charge in [-0.1, -0.05) is 0 Å². The van der Waals surface area contributed by atoms with Crippen molar-refractivity contribution in [3.05, 3.63) is 0 Å². The molecule has 144 valence electrons. The normalized spacial score (nSPS) is 24.1. The second-order valence-corrected chi connectivity index (χ2v) is 7.68. The van der Waals surface area contributed by atoms with E-state index in [2.05, 4.69) is 5.32 Å². The van der Waals surface area contributed by atoms with Crippen LogP contribution in [0.5, 0.6) is 0 Å². The number of alkyl halides is 3. The largest absolute Gasteiger partial charge is 0.490 e.